The highest BCUT2D eigenvalue weighted by Gasteiger charge is 2.07. The Balaban J connectivity index is 2.55. The van der Waals surface area contributed by atoms with Crippen LogP contribution in [0.5, 0.6) is 0 Å². The largest absolute Gasteiger partial charge is 0.466 e. The zero-order valence-corrected chi connectivity index (χ0v) is 8.86. The summed E-state index contributed by atoms with van der Waals surface area (Å²) in [6.07, 6.45) is 2.13. The van der Waals surface area contributed by atoms with Crippen molar-refractivity contribution in [3.8, 4) is 0 Å². The van der Waals surface area contributed by atoms with Gasteiger partial charge in [-0.3, -0.25) is 9.48 Å². The van der Waals surface area contributed by atoms with E-state index in [0.717, 1.165) is 5.69 Å². The van der Waals surface area contributed by atoms with Crippen molar-refractivity contribution in [3.05, 3.63) is 18.0 Å². The predicted octanol–water partition coefficient (Wildman–Crippen LogP) is 1.57. The standard InChI is InChI=1S/C10H16N2O2/c1-4-14-10(13)7-9-5-6-12(11-9)8(2)3/h5-6,8H,4,7H2,1-3H3. The number of carbonyl (C=O) groups excluding carboxylic acids is 1. The quantitative estimate of drug-likeness (QED) is 0.686. The molecule has 0 bridgehead atoms. The van der Waals surface area contributed by atoms with Crippen LogP contribution in [-0.4, -0.2) is 22.4 Å². The first-order valence-corrected chi connectivity index (χ1v) is 4.83. The smallest absolute Gasteiger partial charge is 0.311 e. The van der Waals surface area contributed by atoms with E-state index >= 15 is 0 Å². The highest BCUT2D eigenvalue weighted by atomic mass is 16.5. The lowest BCUT2D eigenvalue weighted by Crippen LogP contribution is -2.09. The second-order valence-electron chi connectivity index (χ2n) is 3.36. The van der Waals surface area contributed by atoms with Crippen molar-refractivity contribution in [2.45, 2.75) is 33.2 Å². The van der Waals surface area contributed by atoms with Crippen molar-refractivity contribution in [1.82, 2.24) is 9.78 Å². The number of hydrogen-bond donors (Lipinski definition) is 0. The molecule has 0 aliphatic heterocycles. The van der Waals surface area contributed by atoms with Crippen LogP contribution in [0.15, 0.2) is 12.3 Å². The number of aromatic nitrogens is 2. The van der Waals surface area contributed by atoms with Crippen LogP contribution in [0.2, 0.25) is 0 Å². The third kappa shape index (κ3) is 2.87. The van der Waals surface area contributed by atoms with Gasteiger partial charge >= 0.3 is 5.97 Å². The molecule has 14 heavy (non-hydrogen) atoms. The topological polar surface area (TPSA) is 44.1 Å². The van der Waals surface area contributed by atoms with Gasteiger partial charge in [0.1, 0.15) is 0 Å². The molecular weight excluding hydrogens is 180 g/mol. The van der Waals surface area contributed by atoms with E-state index in [9.17, 15) is 4.79 Å². The number of carbonyl (C=O) groups is 1. The van der Waals surface area contributed by atoms with Gasteiger partial charge in [0, 0.05) is 12.2 Å². The molecule has 0 aliphatic rings. The first-order chi connectivity index (χ1) is 6.63. The molecule has 78 valence electrons. The van der Waals surface area contributed by atoms with Gasteiger partial charge in [-0.05, 0) is 26.8 Å². The van der Waals surface area contributed by atoms with Gasteiger partial charge in [-0.25, -0.2) is 0 Å². The van der Waals surface area contributed by atoms with Gasteiger partial charge in [0.25, 0.3) is 0 Å². The molecule has 1 aromatic rings. The molecule has 1 aromatic heterocycles. The summed E-state index contributed by atoms with van der Waals surface area (Å²) in [5.74, 6) is -0.221. The highest BCUT2D eigenvalue weighted by molar-refractivity contribution is 5.71. The van der Waals surface area contributed by atoms with Crippen molar-refractivity contribution >= 4 is 5.97 Å². The molecule has 0 amide bonds. The Bertz CT molecular complexity index is 305. The Labute approximate surface area is 83.9 Å². The minimum atomic E-state index is -0.221. The van der Waals surface area contributed by atoms with Crippen molar-refractivity contribution in [1.29, 1.82) is 0 Å². The summed E-state index contributed by atoms with van der Waals surface area (Å²) in [6.45, 7) is 6.30. The number of ether oxygens (including phenoxy) is 1. The van der Waals surface area contributed by atoms with Crippen LogP contribution in [0, 0.1) is 0 Å². The molecule has 1 heterocycles. The molecule has 0 radical (unpaired) electrons. The molecular formula is C10H16N2O2. The van der Waals surface area contributed by atoms with Gasteiger partial charge in [-0.2, -0.15) is 5.10 Å². The summed E-state index contributed by atoms with van der Waals surface area (Å²) in [4.78, 5) is 11.1. The Kier molecular flexibility index (Phi) is 3.68. The number of hydrogen-bond acceptors (Lipinski definition) is 3. The van der Waals surface area contributed by atoms with E-state index < -0.39 is 0 Å². The first-order valence-electron chi connectivity index (χ1n) is 4.83. The van der Waals surface area contributed by atoms with E-state index in [1.165, 1.54) is 0 Å². The fourth-order valence-corrected chi connectivity index (χ4v) is 1.12. The first kappa shape index (κ1) is 10.8. The van der Waals surface area contributed by atoms with E-state index in [0.29, 0.717) is 12.6 Å². The molecule has 0 N–H and O–H groups in total. The normalized spacial score (nSPS) is 10.6. The summed E-state index contributed by atoms with van der Waals surface area (Å²) in [5.41, 5.74) is 0.761. The van der Waals surface area contributed by atoms with Gasteiger partial charge in [-0.1, -0.05) is 0 Å². The maximum absolute atomic E-state index is 11.1. The molecule has 0 aliphatic carbocycles. The zero-order chi connectivity index (χ0) is 10.6. The van der Waals surface area contributed by atoms with E-state index in [2.05, 4.69) is 5.10 Å². The molecule has 1 rings (SSSR count). The summed E-state index contributed by atoms with van der Waals surface area (Å²) in [7, 11) is 0. The average Bonchev–Trinajstić information content (AvgIpc) is 2.53. The molecule has 0 spiro atoms. The van der Waals surface area contributed by atoms with Crippen LogP contribution in [0.25, 0.3) is 0 Å². The molecule has 0 atom stereocenters. The van der Waals surface area contributed by atoms with Gasteiger partial charge in [0.2, 0.25) is 0 Å². The van der Waals surface area contributed by atoms with Gasteiger partial charge in [-0.15, -0.1) is 0 Å². The minimum absolute atomic E-state index is 0.221. The van der Waals surface area contributed by atoms with Crippen LogP contribution in [0.3, 0.4) is 0 Å². The van der Waals surface area contributed by atoms with E-state index in [4.69, 9.17) is 4.74 Å². The monoisotopic (exact) mass is 196 g/mol. The molecule has 0 unspecified atom stereocenters. The van der Waals surface area contributed by atoms with Crippen LogP contribution < -0.4 is 0 Å². The summed E-state index contributed by atoms with van der Waals surface area (Å²) in [6, 6.07) is 2.17. The molecule has 4 nitrogen and oxygen atoms in total. The van der Waals surface area contributed by atoms with Gasteiger partial charge in [0.05, 0.1) is 18.7 Å². The van der Waals surface area contributed by atoms with Crippen LogP contribution in [-0.2, 0) is 16.0 Å². The summed E-state index contributed by atoms with van der Waals surface area (Å²) >= 11 is 0. The van der Waals surface area contributed by atoms with Crippen LogP contribution in [0.1, 0.15) is 32.5 Å². The Morgan fingerprint density at radius 1 is 1.64 bits per heavy atom. The highest BCUT2D eigenvalue weighted by Crippen LogP contribution is 2.05. The Hall–Kier alpha value is -1.32. The van der Waals surface area contributed by atoms with Gasteiger partial charge < -0.3 is 4.74 Å². The number of rotatable bonds is 4. The van der Waals surface area contributed by atoms with E-state index in [-0.39, 0.29) is 12.4 Å². The number of esters is 1. The maximum Gasteiger partial charge on any atom is 0.311 e. The van der Waals surface area contributed by atoms with Gasteiger partial charge in [0.15, 0.2) is 0 Å². The fourth-order valence-electron chi connectivity index (χ4n) is 1.12. The lowest BCUT2D eigenvalue weighted by molar-refractivity contribution is -0.142. The lowest BCUT2D eigenvalue weighted by atomic mass is 10.3. The van der Waals surface area contributed by atoms with Crippen molar-refractivity contribution < 1.29 is 9.53 Å². The molecule has 0 saturated heterocycles. The van der Waals surface area contributed by atoms with Crippen LogP contribution in [0.4, 0.5) is 0 Å². The lowest BCUT2D eigenvalue weighted by Gasteiger charge is -2.03. The van der Waals surface area contributed by atoms with E-state index in [1.54, 1.807) is 6.92 Å². The molecule has 0 fully saturated rings. The van der Waals surface area contributed by atoms with E-state index in [1.807, 2.05) is 30.8 Å². The third-order valence-corrected chi connectivity index (χ3v) is 1.82. The average molecular weight is 196 g/mol. The SMILES string of the molecule is CCOC(=O)Cc1ccn(C(C)C)n1. The Morgan fingerprint density at radius 2 is 2.36 bits per heavy atom. The van der Waals surface area contributed by atoms with Crippen molar-refractivity contribution in [2.24, 2.45) is 0 Å². The molecule has 0 aromatic carbocycles. The molecule has 0 saturated carbocycles. The van der Waals surface area contributed by atoms with Crippen molar-refractivity contribution in [3.63, 3.8) is 0 Å². The zero-order valence-electron chi connectivity index (χ0n) is 8.86. The predicted molar refractivity (Wildman–Crippen MR) is 52.9 cm³/mol. The second-order valence-corrected chi connectivity index (χ2v) is 3.36. The summed E-state index contributed by atoms with van der Waals surface area (Å²) < 4.78 is 6.66. The van der Waals surface area contributed by atoms with Crippen LogP contribution >= 0.6 is 0 Å². The number of nitrogens with zero attached hydrogens (tertiary/aromatic N) is 2. The molecule has 4 heteroatoms. The second kappa shape index (κ2) is 4.79. The summed E-state index contributed by atoms with van der Waals surface area (Å²) in [5, 5.41) is 4.25. The fraction of sp³-hybridized carbons (Fsp3) is 0.600. The maximum atomic E-state index is 11.1. The Morgan fingerprint density at radius 3 is 2.86 bits per heavy atom. The third-order valence-electron chi connectivity index (χ3n) is 1.82. The minimum Gasteiger partial charge on any atom is -0.466 e. The van der Waals surface area contributed by atoms with Crippen molar-refractivity contribution in [2.75, 3.05) is 6.61 Å².